The number of ether oxygens (including phenoxy) is 1. The van der Waals surface area contributed by atoms with Crippen molar-refractivity contribution in [3.05, 3.63) is 24.3 Å². The molecule has 0 amide bonds. The molecule has 0 N–H and O–H groups in total. The molecule has 0 aromatic rings. The third-order valence-electron chi connectivity index (χ3n) is 1.04. The first-order valence-corrected chi connectivity index (χ1v) is 3.74. The van der Waals surface area contributed by atoms with Crippen LogP contribution >= 0.6 is 0 Å². The Bertz CT molecular complexity index is 224. The van der Waals surface area contributed by atoms with Crippen molar-refractivity contribution in [2.75, 3.05) is 0 Å². The van der Waals surface area contributed by atoms with Crippen LogP contribution in [0.25, 0.3) is 0 Å². The molecule has 0 aliphatic carbocycles. The molecular weight excluding hydrogens is 235 g/mol. The number of hydrogen-bond donors (Lipinski definition) is 0. The van der Waals surface area contributed by atoms with Gasteiger partial charge in [-0.25, -0.2) is 4.79 Å². The van der Waals surface area contributed by atoms with Gasteiger partial charge in [0, 0.05) is 12.5 Å². The zero-order valence-corrected chi connectivity index (χ0v) is 7.24. The van der Waals surface area contributed by atoms with E-state index in [1.807, 2.05) is 6.92 Å². The Kier molecular flexibility index (Phi) is 21.6. The molecule has 0 bridgehead atoms. The second kappa shape index (κ2) is 14.5. The van der Waals surface area contributed by atoms with Gasteiger partial charge in [0.05, 0.1) is 0 Å². The molecule has 14 heavy (non-hydrogen) atoms. The van der Waals surface area contributed by atoms with Gasteiger partial charge in [-0.3, -0.25) is 4.79 Å². The third kappa shape index (κ3) is 13.5. The molecule has 0 spiro atoms. The number of esters is 2. The summed E-state index contributed by atoms with van der Waals surface area (Å²) in [6.45, 7) is 3.46. The van der Waals surface area contributed by atoms with Crippen LogP contribution in [0.1, 0.15) is 20.3 Å². The normalized spacial score (nSPS) is 9.29. The zero-order valence-electron chi connectivity index (χ0n) is 7.24. The Morgan fingerprint density at radius 1 is 1.29 bits per heavy atom. The van der Waals surface area contributed by atoms with Crippen molar-refractivity contribution in [1.29, 1.82) is 0 Å². The molecule has 0 aromatic carbocycles. The van der Waals surface area contributed by atoms with E-state index >= 15 is 0 Å². The van der Waals surface area contributed by atoms with Gasteiger partial charge in [0.2, 0.25) is 0 Å². The van der Waals surface area contributed by atoms with Crippen LogP contribution in [0.2, 0.25) is 0 Å². The van der Waals surface area contributed by atoms with E-state index in [4.69, 9.17) is 0 Å². The van der Waals surface area contributed by atoms with Crippen LogP contribution in [0, 0.1) is 0 Å². The van der Waals surface area contributed by atoms with Crippen molar-refractivity contribution >= 4 is 101 Å². The first-order chi connectivity index (χ1) is 5.70. The second-order valence-electron chi connectivity index (χ2n) is 2.03. The van der Waals surface area contributed by atoms with E-state index < -0.39 is 11.9 Å². The van der Waals surface area contributed by atoms with Gasteiger partial charge in [-0.1, -0.05) is 25.2 Å². The number of hydrogen-bond acceptors (Lipinski definition) is 3. The van der Waals surface area contributed by atoms with E-state index in [-0.39, 0.29) is 95.5 Å². The Labute approximate surface area is 157 Å². The van der Waals surface area contributed by atoms with E-state index in [9.17, 15) is 9.59 Å². The Morgan fingerprint density at radius 2 is 1.86 bits per heavy atom. The average Bonchev–Trinajstić information content (AvgIpc) is 2.05. The Balaban J connectivity index is -0.000000605. The van der Waals surface area contributed by atoms with Crippen molar-refractivity contribution in [3.63, 3.8) is 0 Å². The molecule has 0 aliphatic rings. The quantitative estimate of drug-likeness (QED) is 0.233. The summed E-state index contributed by atoms with van der Waals surface area (Å²) in [5.74, 6) is -1.13. The molecule has 0 radical (unpaired) electrons. The number of carbonyl (C=O) groups is 2. The Morgan fingerprint density at radius 3 is 2.29 bits per heavy atom. The number of rotatable bonds is 3. The summed E-state index contributed by atoms with van der Waals surface area (Å²) in [6, 6.07) is 0. The first-order valence-electron chi connectivity index (χ1n) is 3.74. The van der Waals surface area contributed by atoms with Crippen molar-refractivity contribution in [3.8, 4) is 0 Å². The maximum atomic E-state index is 10.7. The van der Waals surface area contributed by atoms with E-state index in [1.165, 1.54) is 12.2 Å². The molecule has 0 unspecified atom stereocenters. The minimum absolute atomic E-state index is 0. The molecule has 5 heteroatoms. The second-order valence-corrected chi connectivity index (χ2v) is 2.03. The summed E-state index contributed by atoms with van der Waals surface area (Å²) in [7, 11) is 0. The fourth-order valence-corrected chi connectivity index (χ4v) is 0.464. The van der Waals surface area contributed by atoms with E-state index in [1.54, 1.807) is 19.1 Å². The average molecular weight is 250 g/mol. The van der Waals surface area contributed by atoms with E-state index in [2.05, 4.69) is 4.74 Å². The van der Waals surface area contributed by atoms with Crippen LogP contribution in [-0.2, 0) is 14.3 Å². The van der Waals surface area contributed by atoms with Crippen LogP contribution in [-0.4, -0.2) is 101 Å². The molecule has 0 fully saturated rings. The van der Waals surface area contributed by atoms with Gasteiger partial charge in [-0.2, -0.15) is 0 Å². The van der Waals surface area contributed by atoms with Crippen LogP contribution in [0.3, 0.4) is 0 Å². The maximum absolute atomic E-state index is 10.7. The first kappa shape index (κ1) is 20.9. The fraction of sp³-hybridized carbons (Fsp3) is 0.333. The molecule has 0 aromatic heterocycles. The van der Waals surface area contributed by atoms with Crippen LogP contribution in [0.5, 0.6) is 0 Å². The minimum atomic E-state index is -0.625. The third-order valence-corrected chi connectivity index (χ3v) is 1.04. The summed E-state index contributed by atoms with van der Waals surface area (Å²) >= 11 is 0. The summed E-state index contributed by atoms with van der Waals surface area (Å²) in [5.41, 5.74) is 0. The van der Waals surface area contributed by atoms with Gasteiger partial charge < -0.3 is 4.74 Å². The summed E-state index contributed by atoms with van der Waals surface area (Å²) < 4.78 is 4.35. The summed E-state index contributed by atoms with van der Waals surface area (Å²) in [5, 5.41) is 0. The summed E-state index contributed by atoms with van der Waals surface area (Å²) in [4.78, 5) is 21.3. The predicted molar refractivity (Wildman–Crippen MR) is 61.0 cm³/mol. The van der Waals surface area contributed by atoms with Crippen molar-refractivity contribution in [2.24, 2.45) is 0 Å². The van der Waals surface area contributed by atoms with Gasteiger partial charge in [-0.15, -0.1) is 0 Å². The molecular formula is C9H15CaKO3. The van der Waals surface area contributed by atoms with Crippen molar-refractivity contribution in [1.82, 2.24) is 0 Å². The molecule has 0 heterocycles. The van der Waals surface area contributed by atoms with Gasteiger partial charge in [0.15, 0.2) is 0 Å². The van der Waals surface area contributed by atoms with Crippen LogP contribution in [0.4, 0.5) is 0 Å². The topological polar surface area (TPSA) is 43.4 Å². The molecule has 0 aliphatic heterocycles. The monoisotopic (exact) mass is 250 g/mol. The van der Waals surface area contributed by atoms with Gasteiger partial charge in [0.1, 0.15) is 0 Å². The van der Waals surface area contributed by atoms with Gasteiger partial charge in [-0.05, 0) is 6.92 Å². The fourth-order valence-electron chi connectivity index (χ4n) is 0.464. The van der Waals surface area contributed by atoms with Gasteiger partial charge in [0.25, 0.3) is 0 Å². The predicted octanol–water partition coefficient (Wildman–Crippen LogP) is 0.0338. The van der Waals surface area contributed by atoms with Crippen molar-refractivity contribution < 1.29 is 14.3 Å². The van der Waals surface area contributed by atoms with E-state index in [0.717, 1.165) is 0 Å². The Hall–Kier alpha value is 1.52. The SMILES string of the molecule is C/C=C/C=C/C(=O)OC(=O)CC.[CaH2].[KH]. The molecule has 0 saturated heterocycles. The zero-order chi connectivity index (χ0) is 9.40. The van der Waals surface area contributed by atoms with Gasteiger partial charge >= 0.3 is 101 Å². The number of allylic oxidation sites excluding steroid dienone is 3. The van der Waals surface area contributed by atoms with Crippen LogP contribution < -0.4 is 0 Å². The summed E-state index contributed by atoms with van der Waals surface area (Å²) in [6.07, 6.45) is 6.38. The molecule has 0 saturated carbocycles. The molecule has 3 nitrogen and oxygen atoms in total. The van der Waals surface area contributed by atoms with Crippen LogP contribution in [0.15, 0.2) is 24.3 Å². The van der Waals surface area contributed by atoms with Crippen molar-refractivity contribution in [2.45, 2.75) is 20.3 Å². The molecule has 0 rings (SSSR count). The number of carbonyl (C=O) groups excluding carboxylic acids is 2. The molecule has 0 atom stereocenters. The standard InChI is InChI=1S/C9H12O3.Ca.K.3H/c1-3-5-6-7-9(11)12-8(10)4-2;;;;;/h3,5-7H,4H2,1-2H3;;;;;/b5-3+,7-6+;;;;;. The van der Waals surface area contributed by atoms with E-state index in [0.29, 0.717) is 0 Å². The molecule has 72 valence electrons.